The maximum atomic E-state index is 13.4. The van der Waals surface area contributed by atoms with E-state index in [-0.39, 0.29) is 35.2 Å². The Labute approximate surface area is 257 Å². The van der Waals surface area contributed by atoms with Gasteiger partial charge < -0.3 is 28.4 Å². The van der Waals surface area contributed by atoms with Gasteiger partial charge in [-0.1, -0.05) is 6.92 Å². The van der Waals surface area contributed by atoms with Crippen LogP contribution in [0.25, 0.3) is 0 Å². The average molecular weight is 628 g/mol. The minimum Gasteiger partial charge on any atom is -0.493 e. The maximum Gasteiger partial charge on any atom is 0.203 e. The molecule has 3 aromatic rings. The Morgan fingerprint density at radius 3 is 1.93 bits per heavy atom. The fourth-order valence-corrected chi connectivity index (χ4v) is 7.28. The summed E-state index contributed by atoms with van der Waals surface area (Å²) in [7, 11) is 2.54. The minimum absolute atomic E-state index is 0.0183. The standard InChI is InChI=1S/C32H37NO8S2/c1-6-15-43(34,35)30-19-23(18-29(38-4)32(30)40-13-14-42-24-9-7-21(20-33)8-10-24)26-12-11-25(41-26)22-16-27(36-2)31(39-5)28(17-22)37-3/h7-10,16-19,25-26H,6,11-15H2,1-5H3. The Bertz CT molecular complexity index is 1530. The first-order valence-electron chi connectivity index (χ1n) is 13.9. The molecule has 2 atom stereocenters. The van der Waals surface area contributed by atoms with E-state index in [0.29, 0.717) is 59.1 Å². The van der Waals surface area contributed by atoms with Crippen LogP contribution < -0.4 is 23.7 Å². The van der Waals surface area contributed by atoms with Gasteiger partial charge >= 0.3 is 0 Å². The Morgan fingerprint density at radius 2 is 1.42 bits per heavy atom. The van der Waals surface area contributed by atoms with Gasteiger partial charge in [0.25, 0.3) is 0 Å². The molecule has 1 aliphatic heterocycles. The zero-order chi connectivity index (χ0) is 31.0. The number of thioether (sulfide) groups is 1. The van der Waals surface area contributed by atoms with E-state index in [0.717, 1.165) is 10.5 Å². The van der Waals surface area contributed by atoms with Crippen molar-refractivity contribution < 1.29 is 36.8 Å². The Balaban J connectivity index is 1.58. The fourth-order valence-electron chi connectivity index (χ4n) is 5.03. The van der Waals surface area contributed by atoms with E-state index in [4.69, 9.17) is 33.7 Å². The SMILES string of the molecule is CCCS(=O)(=O)c1cc(C2CCC(c3cc(OC)c(OC)c(OC)c3)O2)cc(OC)c1OCCSc1ccc(C#N)cc1. The van der Waals surface area contributed by atoms with Gasteiger partial charge in [0.15, 0.2) is 32.8 Å². The topological polar surface area (TPSA) is 113 Å². The molecule has 0 N–H and O–H groups in total. The normalized spacial score (nSPS) is 16.4. The van der Waals surface area contributed by atoms with E-state index in [1.54, 1.807) is 57.4 Å². The molecule has 0 aliphatic carbocycles. The number of rotatable bonds is 14. The summed E-state index contributed by atoms with van der Waals surface area (Å²) >= 11 is 1.55. The molecule has 1 aliphatic rings. The molecule has 1 heterocycles. The predicted molar refractivity (Wildman–Crippen MR) is 165 cm³/mol. The molecule has 9 nitrogen and oxygen atoms in total. The van der Waals surface area contributed by atoms with Crippen molar-refractivity contribution in [2.24, 2.45) is 0 Å². The molecule has 43 heavy (non-hydrogen) atoms. The molecule has 0 saturated carbocycles. The molecule has 0 radical (unpaired) electrons. The molecule has 0 spiro atoms. The quantitative estimate of drug-likeness (QED) is 0.144. The van der Waals surface area contributed by atoms with E-state index in [2.05, 4.69) is 6.07 Å². The monoisotopic (exact) mass is 627 g/mol. The number of hydrogen-bond donors (Lipinski definition) is 0. The van der Waals surface area contributed by atoms with E-state index in [1.807, 2.05) is 31.2 Å². The molecule has 2 unspecified atom stereocenters. The molecule has 0 amide bonds. The largest absolute Gasteiger partial charge is 0.493 e. The van der Waals surface area contributed by atoms with Gasteiger partial charge in [-0.25, -0.2) is 8.42 Å². The molecule has 1 fully saturated rings. The zero-order valence-corrected chi connectivity index (χ0v) is 26.7. The molecule has 230 valence electrons. The summed E-state index contributed by atoms with van der Waals surface area (Å²) in [6.07, 6.45) is 1.25. The van der Waals surface area contributed by atoms with E-state index >= 15 is 0 Å². The highest BCUT2D eigenvalue weighted by atomic mass is 32.2. The number of nitrogens with zero attached hydrogens (tertiary/aromatic N) is 1. The van der Waals surface area contributed by atoms with Gasteiger partial charge in [-0.3, -0.25) is 0 Å². The Kier molecular flexibility index (Phi) is 11.1. The van der Waals surface area contributed by atoms with Crippen molar-refractivity contribution in [1.29, 1.82) is 5.26 Å². The van der Waals surface area contributed by atoms with Gasteiger partial charge in [-0.05, 0) is 78.9 Å². The first kappa shape index (κ1) is 32.3. The molecular weight excluding hydrogens is 590 g/mol. The van der Waals surface area contributed by atoms with Crippen molar-refractivity contribution in [3.63, 3.8) is 0 Å². The fraction of sp³-hybridized carbons (Fsp3) is 0.406. The summed E-state index contributed by atoms with van der Waals surface area (Å²) in [6, 6.07) is 16.6. The van der Waals surface area contributed by atoms with E-state index in [1.165, 1.54) is 7.11 Å². The first-order chi connectivity index (χ1) is 20.8. The second-order valence-corrected chi connectivity index (χ2v) is 13.1. The number of nitriles is 1. The highest BCUT2D eigenvalue weighted by Gasteiger charge is 2.32. The van der Waals surface area contributed by atoms with Crippen molar-refractivity contribution >= 4 is 21.6 Å². The van der Waals surface area contributed by atoms with E-state index in [9.17, 15) is 8.42 Å². The van der Waals surface area contributed by atoms with Gasteiger partial charge in [0.2, 0.25) is 5.75 Å². The number of methoxy groups -OCH3 is 4. The molecule has 1 saturated heterocycles. The first-order valence-corrected chi connectivity index (χ1v) is 16.6. The predicted octanol–water partition coefficient (Wildman–Crippen LogP) is 6.54. The molecule has 3 aromatic carbocycles. The van der Waals surface area contributed by atoms with Crippen molar-refractivity contribution in [2.45, 2.75) is 48.2 Å². The lowest BCUT2D eigenvalue weighted by Crippen LogP contribution is -2.12. The molecular formula is C32H37NO8S2. The number of sulfone groups is 1. The second kappa shape index (κ2) is 14.7. The maximum absolute atomic E-state index is 13.4. The van der Waals surface area contributed by atoms with Crippen LogP contribution in [0.15, 0.2) is 58.3 Å². The van der Waals surface area contributed by atoms with Crippen LogP contribution in [-0.4, -0.2) is 55.0 Å². The smallest absolute Gasteiger partial charge is 0.203 e. The Morgan fingerprint density at radius 1 is 0.860 bits per heavy atom. The number of ether oxygens (including phenoxy) is 6. The van der Waals surface area contributed by atoms with Gasteiger partial charge in [0, 0.05) is 10.6 Å². The van der Waals surface area contributed by atoms with Gasteiger partial charge in [-0.2, -0.15) is 5.26 Å². The van der Waals surface area contributed by atoms with Crippen LogP contribution in [0.2, 0.25) is 0 Å². The highest BCUT2D eigenvalue weighted by molar-refractivity contribution is 7.99. The lowest BCUT2D eigenvalue weighted by Gasteiger charge is -2.21. The Hall–Kier alpha value is -3.59. The van der Waals surface area contributed by atoms with Crippen molar-refractivity contribution in [2.75, 3.05) is 46.6 Å². The third kappa shape index (κ3) is 7.50. The summed E-state index contributed by atoms with van der Waals surface area (Å²) in [5, 5.41) is 9.00. The van der Waals surface area contributed by atoms with Crippen LogP contribution in [0.5, 0.6) is 28.7 Å². The molecule has 0 aromatic heterocycles. The van der Waals surface area contributed by atoms with Crippen LogP contribution in [0.3, 0.4) is 0 Å². The van der Waals surface area contributed by atoms with Crippen LogP contribution >= 0.6 is 11.8 Å². The summed E-state index contributed by atoms with van der Waals surface area (Å²) in [5.74, 6) is 2.69. The third-order valence-electron chi connectivity index (χ3n) is 7.10. The average Bonchev–Trinajstić information content (AvgIpc) is 3.53. The lowest BCUT2D eigenvalue weighted by atomic mass is 10.0. The van der Waals surface area contributed by atoms with Crippen LogP contribution in [-0.2, 0) is 14.6 Å². The van der Waals surface area contributed by atoms with Crippen LogP contribution in [0, 0.1) is 11.3 Å². The van der Waals surface area contributed by atoms with E-state index < -0.39 is 9.84 Å². The van der Waals surface area contributed by atoms with Crippen molar-refractivity contribution in [1.82, 2.24) is 0 Å². The van der Waals surface area contributed by atoms with Crippen LogP contribution in [0.1, 0.15) is 55.1 Å². The summed E-state index contributed by atoms with van der Waals surface area (Å²) in [5.41, 5.74) is 2.18. The second-order valence-electron chi connectivity index (χ2n) is 9.85. The van der Waals surface area contributed by atoms with Crippen LogP contribution in [0.4, 0.5) is 0 Å². The molecule has 11 heteroatoms. The molecule has 0 bridgehead atoms. The minimum atomic E-state index is -3.66. The lowest BCUT2D eigenvalue weighted by molar-refractivity contribution is 0.0435. The third-order valence-corrected chi connectivity index (χ3v) is 10.00. The van der Waals surface area contributed by atoms with Gasteiger partial charge in [0.05, 0.1) is 64.6 Å². The zero-order valence-electron chi connectivity index (χ0n) is 25.0. The highest BCUT2D eigenvalue weighted by Crippen LogP contribution is 2.48. The summed E-state index contributed by atoms with van der Waals surface area (Å²) in [4.78, 5) is 1.09. The van der Waals surface area contributed by atoms with Gasteiger partial charge in [0.1, 0.15) is 4.90 Å². The summed E-state index contributed by atoms with van der Waals surface area (Å²) in [6.45, 7) is 2.09. The van der Waals surface area contributed by atoms with Gasteiger partial charge in [-0.15, -0.1) is 11.8 Å². The molecule has 4 rings (SSSR count). The van der Waals surface area contributed by atoms with Crippen molar-refractivity contribution in [3.05, 3.63) is 65.2 Å². The van der Waals surface area contributed by atoms with Crippen molar-refractivity contribution in [3.8, 4) is 34.8 Å². The number of hydrogen-bond acceptors (Lipinski definition) is 10. The number of benzene rings is 3. The summed E-state index contributed by atoms with van der Waals surface area (Å²) < 4.78 is 61.6.